The van der Waals surface area contributed by atoms with E-state index >= 15 is 0 Å². The topological polar surface area (TPSA) is 158 Å². The van der Waals surface area contributed by atoms with E-state index in [-0.39, 0.29) is 11.2 Å². The molecule has 8 heteroatoms. The van der Waals surface area contributed by atoms with Crippen molar-refractivity contribution < 1.29 is 25.4 Å². The molecule has 6 N–H and O–H groups in total. The molecule has 0 aliphatic carbocycles. The molecule has 0 spiro atoms. The summed E-state index contributed by atoms with van der Waals surface area (Å²) in [6.45, 7) is 0. The van der Waals surface area contributed by atoms with Crippen LogP contribution in [0.15, 0.2) is 12.1 Å². The second kappa shape index (κ2) is 4.24. The van der Waals surface area contributed by atoms with Crippen LogP contribution in [0.1, 0.15) is 10.4 Å². The molecule has 15 heavy (non-hydrogen) atoms. The minimum atomic E-state index is -1.47. The van der Waals surface area contributed by atoms with Crippen LogP contribution in [-0.4, -0.2) is 26.6 Å². The summed E-state index contributed by atoms with van der Waals surface area (Å²) in [5.41, 5.74) is 3.78. The Bertz CT molecular complexity index is 416. The van der Waals surface area contributed by atoms with Crippen molar-refractivity contribution in [1.29, 1.82) is 0 Å². The van der Waals surface area contributed by atoms with Gasteiger partial charge in [0.15, 0.2) is 5.75 Å². The first-order valence-corrected chi connectivity index (χ1v) is 3.43. The van der Waals surface area contributed by atoms with Crippen LogP contribution in [-0.2, 0) is 0 Å². The zero-order valence-electron chi connectivity index (χ0n) is 7.30. The van der Waals surface area contributed by atoms with Gasteiger partial charge < -0.3 is 21.4 Å². The molecule has 0 heterocycles. The number of nitrogen functional groups attached to an aromatic ring is 1. The highest BCUT2D eigenvalue weighted by Crippen LogP contribution is 2.30. The number of non-ortho nitro benzene ring substituents is 1. The largest absolute Gasteiger partial charge is 0.505 e. The fraction of sp³-hybridized carbons (Fsp3) is 0. The lowest BCUT2D eigenvalue weighted by atomic mass is 10.1. The predicted octanol–water partition coefficient (Wildman–Crippen LogP) is -0.244. The molecule has 0 amide bonds. The van der Waals surface area contributed by atoms with E-state index in [9.17, 15) is 14.9 Å². The molecular weight excluding hydrogens is 208 g/mol. The quantitative estimate of drug-likeness (QED) is 0.267. The number of hydrogen-bond acceptors (Lipinski definition) is 5. The predicted molar refractivity (Wildman–Crippen MR) is 49.7 cm³/mol. The highest BCUT2D eigenvalue weighted by Gasteiger charge is 2.18. The van der Waals surface area contributed by atoms with Crippen molar-refractivity contribution in [2.75, 3.05) is 5.73 Å². The van der Waals surface area contributed by atoms with Gasteiger partial charge in [-0.15, -0.1) is 0 Å². The van der Waals surface area contributed by atoms with Gasteiger partial charge in [-0.3, -0.25) is 10.1 Å². The van der Waals surface area contributed by atoms with Gasteiger partial charge in [-0.2, -0.15) is 0 Å². The molecule has 1 aromatic rings. The van der Waals surface area contributed by atoms with Gasteiger partial charge in [0.2, 0.25) is 0 Å². The van der Waals surface area contributed by atoms with Gasteiger partial charge >= 0.3 is 5.97 Å². The maximum absolute atomic E-state index is 10.5. The molecule has 1 aromatic carbocycles. The lowest BCUT2D eigenvalue weighted by Gasteiger charge is -2.02. The van der Waals surface area contributed by atoms with Crippen molar-refractivity contribution in [3.63, 3.8) is 0 Å². The molecule has 0 aliphatic rings. The van der Waals surface area contributed by atoms with E-state index in [2.05, 4.69) is 0 Å². The van der Waals surface area contributed by atoms with Gasteiger partial charge in [-0.05, 0) is 0 Å². The Balaban J connectivity index is 0.00000196. The molecule has 0 unspecified atom stereocenters. The van der Waals surface area contributed by atoms with E-state index in [1.807, 2.05) is 0 Å². The van der Waals surface area contributed by atoms with Crippen LogP contribution in [0.5, 0.6) is 5.75 Å². The highest BCUT2D eigenvalue weighted by atomic mass is 16.6. The maximum atomic E-state index is 10.5. The first-order valence-electron chi connectivity index (χ1n) is 3.43. The first kappa shape index (κ1) is 12.7. The van der Waals surface area contributed by atoms with E-state index in [4.69, 9.17) is 15.9 Å². The zero-order valence-corrected chi connectivity index (χ0v) is 7.30. The Morgan fingerprint density at radius 3 is 2.40 bits per heavy atom. The number of nitrogens with two attached hydrogens (primary N) is 1. The molecule has 1 rings (SSSR count). The summed E-state index contributed by atoms with van der Waals surface area (Å²) in [7, 11) is 0. The molecule has 0 saturated heterocycles. The van der Waals surface area contributed by atoms with E-state index in [1.54, 1.807) is 0 Å². The average molecular weight is 216 g/mol. The van der Waals surface area contributed by atoms with Gasteiger partial charge in [0.25, 0.3) is 5.69 Å². The first-order chi connectivity index (χ1) is 6.43. The standard InChI is InChI=1S/C7H6N2O5.H2O/c8-5-2-3(9(13)14)1-4(6(5)10)7(11)12;/h1-2,10H,8H2,(H,11,12);1H2. The van der Waals surface area contributed by atoms with Crippen molar-refractivity contribution in [2.24, 2.45) is 0 Å². The molecule has 0 bridgehead atoms. The minimum Gasteiger partial charge on any atom is -0.505 e. The van der Waals surface area contributed by atoms with Crippen LogP contribution in [0.2, 0.25) is 0 Å². The Hall–Kier alpha value is -2.35. The Labute approximate surface area is 83.0 Å². The molecule has 0 radical (unpaired) electrons. The van der Waals surface area contributed by atoms with Gasteiger partial charge in [0.1, 0.15) is 5.56 Å². The number of nitro groups is 1. The van der Waals surface area contributed by atoms with E-state index in [0.29, 0.717) is 0 Å². The number of carboxylic acid groups (broad SMARTS) is 1. The summed E-state index contributed by atoms with van der Waals surface area (Å²) >= 11 is 0. The smallest absolute Gasteiger partial charge is 0.339 e. The van der Waals surface area contributed by atoms with Crippen LogP contribution in [0.25, 0.3) is 0 Å². The van der Waals surface area contributed by atoms with Crippen molar-refractivity contribution in [1.82, 2.24) is 0 Å². The van der Waals surface area contributed by atoms with Crippen LogP contribution in [0.3, 0.4) is 0 Å². The molecule has 0 atom stereocenters. The number of nitro benzene ring substituents is 1. The number of anilines is 1. The third kappa shape index (κ3) is 2.31. The number of phenols is 1. The molecular formula is C7H8N2O6. The van der Waals surface area contributed by atoms with Crippen LogP contribution < -0.4 is 5.73 Å². The molecule has 0 saturated carbocycles. The monoisotopic (exact) mass is 216 g/mol. The molecule has 0 aliphatic heterocycles. The Morgan fingerprint density at radius 2 is 2.00 bits per heavy atom. The molecule has 82 valence electrons. The number of rotatable bonds is 2. The molecule has 0 fully saturated rings. The number of hydrogen-bond donors (Lipinski definition) is 3. The molecule has 0 aromatic heterocycles. The fourth-order valence-electron chi connectivity index (χ4n) is 0.910. The number of aromatic hydroxyl groups is 1. The number of carboxylic acids is 1. The lowest BCUT2D eigenvalue weighted by molar-refractivity contribution is -0.384. The normalized spacial score (nSPS) is 9.07. The summed E-state index contributed by atoms with van der Waals surface area (Å²) in [5.74, 6) is -2.14. The summed E-state index contributed by atoms with van der Waals surface area (Å²) in [5, 5.41) is 28.0. The van der Waals surface area contributed by atoms with Crippen LogP contribution in [0, 0.1) is 10.1 Å². The minimum absolute atomic E-state index is 0. The van der Waals surface area contributed by atoms with Gasteiger partial charge in [0.05, 0.1) is 10.6 Å². The number of benzene rings is 1. The summed E-state index contributed by atoms with van der Waals surface area (Å²) < 4.78 is 0. The van der Waals surface area contributed by atoms with Gasteiger partial charge in [0, 0.05) is 12.1 Å². The Morgan fingerprint density at radius 1 is 1.47 bits per heavy atom. The van der Waals surface area contributed by atoms with Crippen LogP contribution >= 0.6 is 0 Å². The van der Waals surface area contributed by atoms with Gasteiger partial charge in [-0.1, -0.05) is 0 Å². The highest BCUT2D eigenvalue weighted by molar-refractivity contribution is 5.94. The average Bonchev–Trinajstić information content (AvgIpc) is 2.08. The van der Waals surface area contributed by atoms with E-state index in [1.165, 1.54) is 0 Å². The number of aromatic carboxylic acids is 1. The van der Waals surface area contributed by atoms with Crippen molar-refractivity contribution in [3.05, 3.63) is 27.8 Å². The summed E-state index contributed by atoms with van der Waals surface area (Å²) in [6.07, 6.45) is 0. The van der Waals surface area contributed by atoms with E-state index < -0.39 is 27.9 Å². The van der Waals surface area contributed by atoms with Crippen molar-refractivity contribution in [2.45, 2.75) is 0 Å². The van der Waals surface area contributed by atoms with E-state index in [0.717, 1.165) is 12.1 Å². The second-order valence-electron chi connectivity index (χ2n) is 2.49. The Kier molecular flexibility index (Phi) is 3.58. The SMILES string of the molecule is Nc1cc([N+](=O)[O-])cc(C(=O)O)c1O.O. The summed E-state index contributed by atoms with van der Waals surface area (Å²) in [6, 6.07) is 1.63. The second-order valence-corrected chi connectivity index (χ2v) is 2.49. The third-order valence-corrected chi connectivity index (χ3v) is 1.57. The number of carbonyl (C=O) groups is 1. The zero-order chi connectivity index (χ0) is 10.9. The summed E-state index contributed by atoms with van der Waals surface area (Å²) in [4.78, 5) is 20.0. The van der Waals surface area contributed by atoms with Crippen molar-refractivity contribution in [3.8, 4) is 5.75 Å². The molecule has 8 nitrogen and oxygen atoms in total. The third-order valence-electron chi connectivity index (χ3n) is 1.57. The van der Waals surface area contributed by atoms with Gasteiger partial charge in [-0.25, -0.2) is 4.79 Å². The lowest BCUT2D eigenvalue weighted by Crippen LogP contribution is -2.01. The number of nitrogens with zero attached hydrogens (tertiary/aromatic N) is 1. The maximum Gasteiger partial charge on any atom is 0.339 e. The fourth-order valence-corrected chi connectivity index (χ4v) is 0.910. The van der Waals surface area contributed by atoms with Crippen LogP contribution in [0.4, 0.5) is 11.4 Å². The van der Waals surface area contributed by atoms with Crippen molar-refractivity contribution >= 4 is 17.3 Å².